The summed E-state index contributed by atoms with van der Waals surface area (Å²) >= 11 is 1.82. The fraction of sp³-hybridized carbons (Fsp3) is 0.647. The molecule has 0 saturated carbocycles. The molecule has 1 aromatic rings. The molecule has 28 heavy (non-hydrogen) atoms. The molecule has 0 bridgehead atoms. The van der Waals surface area contributed by atoms with Crippen molar-refractivity contribution in [2.24, 2.45) is 0 Å². The van der Waals surface area contributed by atoms with Crippen LogP contribution in [-0.2, 0) is 20.9 Å². The first kappa shape index (κ1) is 22.6. The van der Waals surface area contributed by atoms with Crippen LogP contribution in [0.2, 0.25) is 0 Å². The Hall–Kier alpha value is -1.69. The van der Waals surface area contributed by atoms with Crippen molar-refractivity contribution < 1.29 is 32.6 Å². The summed E-state index contributed by atoms with van der Waals surface area (Å²) in [4.78, 5) is 26.6. The maximum atomic E-state index is 11.8. The fourth-order valence-electron chi connectivity index (χ4n) is 3.28. The maximum absolute atomic E-state index is 11.8. The molecule has 1 atom stereocenters. The standard InChI is InChI=1S/C15H23N3O2S.C2HF3O2/c1-11-4-5-21-13(11)6-18-9-15(10-18)8-17(3)12(7-20-15)14(19)16-2;3-2(4,5)1(6)7/h4-5,12H,6-10H2,1-3H3,(H,16,19);(H,6,7). The number of ether oxygens (including phenoxy) is 1. The Morgan fingerprint density at radius 2 is 2.00 bits per heavy atom. The number of nitrogens with zero attached hydrogens (tertiary/aromatic N) is 2. The highest BCUT2D eigenvalue weighted by Gasteiger charge is 2.49. The number of amides is 1. The van der Waals surface area contributed by atoms with Crippen molar-refractivity contribution in [1.29, 1.82) is 0 Å². The zero-order chi connectivity index (χ0) is 21.1. The highest BCUT2D eigenvalue weighted by molar-refractivity contribution is 7.10. The van der Waals surface area contributed by atoms with E-state index < -0.39 is 12.1 Å². The van der Waals surface area contributed by atoms with Crippen LogP contribution < -0.4 is 5.32 Å². The van der Waals surface area contributed by atoms with E-state index in [1.165, 1.54) is 10.4 Å². The van der Waals surface area contributed by atoms with Gasteiger partial charge in [-0.15, -0.1) is 11.3 Å². The minimum atomic E-state index is -5.08. The second-order valence-electron chi connectivity index (χ2n) is 7.01. The highest BCUT2D eigenvalue weighted by Crippen LogP contribution is 2.32. The van der Waals surface area contributed by atoms with Crippen LogP contribution in [0.15, 0.2) is 11.4 Å². The van der Waals surface area contributed by atoms with E-state index in [4.69, 9.17) is 14.6 Å². The molecule has 2 fully saturated rings. The topological polar surface area (TPSA) is 82.1 Å². The third kappa shape index (κ3) is 5.43. The lowest BCUT2D eigenvalue weighted by molar-refractivity contribution is -0.198. The zero-order valence-electron chi connectivity index (χ0n) is 15.9. The molecule has 0 aliphatic carbocycles. The molecule has 3 heterocycles. The number of hydrogen-bond acceptors (Lipinski definition) is 6. The van der Waals surface area contributed by atoms with Crippen molar-refractivity contribution in [2.45, 2.75) is 31.3 Å². The number of carbonyl (C=O) groups excluding carboxylic acids is 1. The summed E-state index contributed by atoms with van der Waals surface area (Å²) in [5.41, 5.74) is 1.30. The first-order valence-corrected chi connectivity index (χ1v) is 9.46. The number of carboxylic acid groups (broad SMARTS) is 1. The molecule has 158 valence electrons. The molecule has 1 aromatic heterocycles. The number of likely N-dealkylation sites (tertiary alicyclic amines) is 1. The molecule has 1 spiro atoms. The van der Waals surface area contributed by atoms with Crippen LogP contribution in [0, 0.1) is 6.92 Å². The molecular weight excluding hydrogens is 399 g/mol. The van der Waals surface area contributed by atoms with Crippen molar-refractivity contribution in [1.82, 2.24) is 15.1 Å². The maximum Gasteiger partial charge on any atom is 0.490 e. The second kappa shape index (κ2) is 8.76. The van der Waals surface area contributed by atoms with Gasteiger partial charge in [-0.3, -0.25) is 14.6 Å². The number of thiophene rings is 1. The van der Waals surface area contributed by atoms with Crippen LogP contribution in [0.25, 0.3) is 0 Å². The van der Waals surface area contributed by atoms with E-state index in [-0.39, 0.29) is 17.6 Å². The van der Waals surface area contributed by atoms with E-state index in [1.807, 2.05) is 18.4 Å². The monoisotopic (exact) mass is 423 g/mol. The summed E-state index contributed by atoms with van der Waals surface area (Å²) < 4.78 is 37.8. The number of aryl methyl sites for hydroxylation is 1. The minimum absolute atomic E-state index is 0.0396. The third-order valence-corrected chi connectivity index (χ3v) is 5.78. The molecule has 2 aliphatic heterocycles. The van der Waals surface area contributed by atoms with Crippen LogP contribution in [0.3, 0.4) is 0 Å². The number of hydrogen-bond donors (Lipinski definition) is 2. The van der Waals surface area contributed by atoms with Crippen LogP contribution in [0.5, 0.6) is 0 Å². The van der Waals surface area contributed by atoms with E-state index in [0.29, 0.717) is 6.61 Å². The zero-order valence-corrected chi connectivity index (χ0v) is 16.7. The average Bonchev–Trinajstić information content (AvgIpc) is 2.97. The molecule has 2 N–H and O–H groups in total. The first-order valence-electron chi connectivity index (χ1n) is 8.58. The number of morpholine rings is 1. The van der Waals surface area contributed by atoms with Crippen LogP contribution in [-0.4, -0.2) is 84.9 Å². The van der Waals surface area contributed by atoms with Crippen LogP contribution >= 0.6 is 11.3 Å². The van der Waals surface area contributed by atoms with E-state index in [2.05, 4.69) is 33.5 Å². The molecular formula is C17H24F3N3O4S. The molecule has 0 aromatic carbocycles. The van der Waals surface area contributed by atoms with Crippen molar-refractivity contribution >= 4 is 23.2 Å². The lowest BCUT2D eigenvalue weighted by atomic mass is 9.90. The molecule has 1 amide bonds. The fourth-order valence-corrected chi connectivity index (χ4v) is 4.22. The Morgan fingerprint density at radius 3 is 2.43 bits per heavy atom. The Kier molecular flexibility index (Phi) is 7.07. The predicted octanol–water partition coefficient (Wildman–Crippen LogP) is 1.32. The summed E-state index contributed by atoms with van der Waals surface area (Å²) in [7, 11) is 3.69. The van der Waals surface area contributed by atoms with Gasteiger partial charge in [-0.05, 0) is 31.0 Å². The number of carboxylic acids is 1. The molecule has 1 unspecified atom stereocenters. The Bertz CT molecular complexity index is 704. The number of halogens is 3. The number of nitrogens with one attached hydrogen (secondary N) is 1. The van der Waals surface area contributed by atoms with Crippen LogP contribution in [0.4, 0.5) is 13.2 Å². The SMILES string of the molecule is CNC(=O)C1COC2(CN(Cc3sccc3C)C2)CN1C.O=C(O)C(F)(F)F. The highest BCUT2D eigenvalue weighted by atomic mass is 32.1. The van der Waals surface area contributed by atoms with Gasteiger partial charge in [0.15, 0.2) is 0 Å². The van der Waals surface area contributed by atoms with E-state index in [1.54, 1.807) is 7.05 Å². The lowest BCUT2D eigenvalue weighted by Crippen LogP contribution is -2.71. The summed E-state index contributed by atoms with van der Waals surface area (Å²) in [6, 6.07) is 2.02. The number of likely N-dealkylation sites (N-methyl/N-ethyl adjacent to an activating group) is 2. The smallest absolute Gasteiger partial charge is 0.475 e. The summed E-state index contributed by atoms with van der Waals surface area (Å²) in [5.74, 6) is -2.72. The normalized spacial score (nSPS) is 22.1. The summed E-state index contributed by atoms with van der Waals surface area (Å²) in [5, 5.41) is 12.0. The minimum Gasteiger partial charge on any atom is -0.475 e. The molecule has 7 nitrogen and oxygen atoms in total. The van der Waals surface area contributed by atoms with Gasteiger partial charge in [-0.1, -0.05) is 0 Å². The van der Waals surface area contributed by atoms with Gasteiger partial charge in [-0.2, -0.15) is 13.2 Å². The number of rotatable bonds is 3. The van der Waals surface area contributed by atoms with Gasteiger partial charge < -0.3 is 15.2 Å². The number of alkyl halides is 3. The number of carbonyl (C=O) groups is 2. The Labute approximate surface area is 165 Å². The Balaban J connectivity index is 0.000000345. The average molecular weight is 423 g/mol. The molecule has 2 saturated heterocycles. The van der Waals surface area contributed by atoms with Gasteiger partial charge in [0.1, 0.15) is 11.6 Å². The van der Waals surface area contributed by atoms with E-state index in [9.17, 15) is 18.0 Å². The molecule has 3 rings (SSSR count). The molecule has 11 heteroatoms. The largest absolute Gasteiger partial charge is 0.490 e. The molecule has 2 aliphatic rings. The molecule has 0 radical (unpaired) electrons. The van der Waals surface area contributed by atoms with Gasteiger partial charge in [0.2, 0.25) is 5.91 Å². The van der Waals surface area contributed by atoms with E-state index >= 15 is 0 Å². The lowest BCUT2D eigenvalue weighted by Gasteiger charge is -2.54. The van der Waals surface area contributed by atoms with Gasteiger partial charge in [-0.25, -0.2) is 4.79 Å². The van der Waals surface area contributed by atoms with E-state index in [0.717, 1.165) is 26.2 Å². The van der Waals surface area contributed by atoms with Crippen molar-refractivity contribution in [3.63, 3.8) is 0 Å². The van der Waals surface area contributed by atoms with Crippen molar-refractivity contribution in [3.8, 4) is 0 Å². The Morgan fingerprint density at radius 1 is 1.39 bits per heavy atom. The van der Waals surface area contributed by atoms with Gasteiger partial charge >= 0.3 is 12.1 Å². The van der Waals surface area contributed by atoms with Gasteiger partial charge in [0.25, 0.3) is 0 Å². The quantitative estimate of drug-likeness (QED) is 0.763. The first-order chi connectivity index (χ1) is 13.0. The summed E-state index contributed by atoms with van der Waals surface area (Å²) in [6.07, 6.45) is -5.08. The van der Waals surface area contributed by atoms with Gasteiger partial charge in [0.05, 0.1) is 6.61 Å². The van der Waals surface area contributed by atoms with Crippen LogP contribution in [0.1, 0.15) is 10.4 Å². The predicted molar refractivity (Wildman–Crippen MR) is 97.2 cm³/mol. The van der Waals surface area contributed by atoms with Crippen molar-refractivity contribution in [2.75, 3.05) is 40.3 Å². The second-order valence-corrected chi connectivity index (χ2v) is 8.01. The third-order valence-electron chi connectivity index (χ3n) is 4.77. The van der Waals surface area contributed by atoms with Gasteiger partial charge in [0, 0.05) is 38.1 Å². The number of aliphatic carboxylic acids is 1. The summed E-state index contributed by atoms with van der Waals surface area (Å²) in [6.45, 7) is 6.40. The van der Waals surface area contributed by atoms with Crippen molar-refractivity contribution in [3.05, 3.63) is 21.9 Å².